The Bertz CT molecular complexity index is 657. The summed E-state index contributed by atoms with van der Waals surface area (Å²) in [5.74, 6) is 1.90. The summed E-state index contributed by atoms with van der Waals surface area (Å²) in [6.07, 6.45) is 9.90. The minimum absolute atomic E-state index is 0.764. The van der Waals surface area contributed by atoms with Crippen LogP contribution in [0.5, 0.6) is 0 Å². The van der Waals surface area contributed by atoms with Crippen molar-refractivity contribution in [2.24, 2.45) is 0 Å². The number of thiazole rings is 1. The first kappa shape index (κ1) is 16.0. The highest BCUT2D eigenvalue weighted by molar-refractivity contribution is 7.09. The van der Waals surface area contributed by atoms with Crippen molar-refractivity contribution in [2.45, 2.75) is 57.5 Å². The van der Waals surface area contributed by atoms with E-state index in [0.29, 0.717) is 0 Å². The Morgan fingerprint density at radius 1 is 1.12 bits per heavy atom. The minimum Gasteiger partial charge on any atom is -0.357 e. The van der Waals surface area contributed by atoms with Gasteiger partial charge in [-0.1, -0.05) is 12.8 Å². The van der Waals surface area contributed by atoms with Gasteiger partial charge in [0.25, 0.3) is 0 Å². The zero-order valence-corrected chi connectivity index (χ0v) is 15.0. The molecule has 4 nitrogen and oxygen atoms in total. The third-order valence-electron chi connectivity index (χ3n) is 4.87. The molecule has 0 atom stereocenters. The van der Waals surface area contributed by atoms with Crippen molar-refractivity contribution in [3.05, 3.63) is 40.0 Å². The number of nitrogens with zero attached hydrogens (tertiary/aromatic N) is 3. The van der Waals surface area contributed by atoms with Crippen LogP contribution in [0.4, 0.5) is 5.82 Å². The monoisotopic (exact) mass is 342 g/mol. The summed E-state index contributed by atoms with van der Waals surface area (Å²) in [5.41, 5.74) is 2.49. The van der Waals surface area contributed by atoms with E-state index < -0.39 is 0 Å². The summed E-state index contributed by atoms with van der Waals surface area (Å²) < 4.78 is 0. The molecule has 0 bridgehead atoms. The summed E-state index contributed by atoms with van der Waals surface area (Å²) in [7, 11) is 0. The number of pyridine rings is 1. The second-order valence-corrected chi connectivity index (χ2v) is 7.87. The van der Waals surface area contributed by atoms with Gasteiger partial charge >= 0.3 is 0 Å². The normalized spacial score (nSPS) is 18.6. The molecule has 1 saturated carbocycles. The van der Waals surface area contributed by atoms with E-state index in [2.05, 4.69) is 32.7 Å². The lowest BCUT2D eigenvalue weighted by atomic mass is 10.2. The predicted molar refractivity (Wildman–Crippen MR) is 99.6 cm³/mol. The van der Waals surface area contributed by atoms with Crippen LogP contribution in [-0.4, -0.2) is 23.1 Å². The Kier molecular flexibility index (Phi) is 5.09. The number of rotatable bonds is 6. The summed E-state index contributed by atoms with van der Waals surface area (Å²) in [4.78, 5) is 11.8. The standard InChI is InChI=1S/C19H26N4S/c1-2-4-10-23(9-3-1)18-11-15(7-8-21-18)12-20-13-17-14-24-19(22-17)16-5-6-16/h7-8,11,14,16,20H,1-6,9-10,12-13H2. The van der Waals surface area contributed by atoms with E-state index in [-0.39, 0.29) is 0 Å². The van der Waals surface area contributed by atoms with E-state index in [4.69, 9.17) is 4.98 Å². The maximum absolute atomic E-state index is 4.74. The highest BCUT2D eigenvalue weighted by Gasteiger charge is 2.26. The third kappa shape index (κ3) is 4.14. The van der Waals surface area contributed by atoms with E-state index >= 15 is 0 Å². The molecule has 0 radical (unpaired) electrons. The van der Waals surface area contributed by atoms with Gasteiger partial charge in [-0.3, -0.25) is 0 Å². The Morgan fingerprint density at radius 2 is 1.96 bits per heavy atom. The summed E-state index contributed by atoms with van der Waals surface area (Å²) in [6, 6.07) is 4.36. The summed E-state index contributed by atoms with van der Waals surface area (Å²) in [6.45, 7) is 4.02. The molecule has 2 fully saturated rings. The maximum atomic E-state index is 4.74. The highest BCUT2D eigenvalue weighted by Crippen LogP contribution is 2.41. The van der Waals surface area contributed by atoms with E-state index in [0.717, 1.165) is 37.9 Å². The first-order valence-electron chi connectivity index (χ1n) is 9.23. The second-order valence-electron chi connectivity index (χ2n) is 6.98. The van der Waals surface area contributed by atoms with Crippen molar-refractivity contribution in [1.29, 1.82) is 0 Å². The van der Waals surface area contributed by atoms with Crippen LogP contribution in [0.3, 0.4) is 0 Å². The fraction of sp³-hybridized carbons (Fsp3) is 0.579. The SMILES string of the molecule is c1cc(CNCc2csc(C3CC3)n2)cc(N2CCCCCC2)n1. The van der Waals surface area contributed by atoms with Crippen molar-refractivity contribution in [2.75, 3.05) is 18.0 Å². The van der Waals surface area contributed by atoms with E-state index in [1.165, 1.54) is 54.8 Å². The van der Waals surface area contributed by atoms with E-state index in [9.17, 15) is 0 Å². The highest BCUT2D eigenvalue weighted by atomic mass is 32.1. The van der Waals surface area contributed by atoms with Crippen molar-refractivity contribution in [3.8, 4) is 0 Å². The van der Waals surface area contributed by atoms with Gasteiger partial charge in [0.05, 0.1) is 10.7 Å². The zero-order chi connectivity index (χ0) is 16.2. The van der Waals surface area contributed by atoms with Crippen LogP contribution in [-0.2, 0) is 13.1 Å². The fourth-order valence-electron chi connectivity index (χ4n) is 3.30. The second kappa shape index (κ2) is 7.62. The molecule has 2 aromatic heterocycles. The van der Waals surface area contributed by atoms with Crippen molar-refractivity contribution < 1.29 is 0 Å². The van der Waals surface area contributed by atoms with Gasteiger partial charge in [0, 0.05) is 43.7 Å². The van der Waals surface area contributed by atoms with Crippen LogP contribution in [0.2, 0.25) is 0 Å². The Hall–Kier alpha value is -1.46. The zero-order valence-electron chi connectivity index (χ0n) is 14.2. The van der Waals surface area contributed by atoms with Gasteiger partial charge in [0.1, 0.15) is 5.82 Å². The molecular weight excluding hydrogens is 316 g/mol. The fourth-order valence-corrected chi connectivity index (χ4v) is 4.29. The number of anilines is 1. The Labute approximate surface area is 148 Å². The van der Waals surface area contributed by atoms with Crippen molar-refractivity contribution in [1.82, 2.24) is 15.3 Å². The van der Waals surface area contributed by atoms with Crippen LogP contribution >= 0.6 is 11.3 Å². The lowest BCUT2D eigenvalue weighted by Gasteiger charge is -2.21. The number of hydrogen-bond acceptors (Lipinski definition) is 5. The molecule has 1 aliphatic heterocycles. The number of hydrogen-bond donors (Lipinski definition) is 1. The van der Waals surface area contributed by atoms with Gasteiger partial charge in [-0.05, 0) is 43.4 Å². The van der Waals surface area contributed by atoms with Gasteiger partial charge in [-0.25, -0.2) is 9.97 Å². The Balaban J connectivity index is 1.31. The van der Waals surface area contributed by atoms with Crippen LogP contribution in [0.15, 0.2) is 23.7 Å². The predicted octanol–water partition coefficient (Wildman–Crippen LogP) is 4.09. The van der Waals surface area contributed by atoms with Crippen LogP contribution in [0.1, 0.15) is 60.7 Å². The van der Waals surface area contributed by atoms with Crippen molar-refractivity contribution >= 4 is 17.2 Å². The lowest BCUT2D eigenvalue weighted by Crippen LogP contribution is -2.25. The quantitative estimate of drug-likeness (QED) is 0.858. The molecule has 0 amide bonds. The topological polar surface area (TPSA) is 41.1 Å². The van der Waals surface area contributed by atoms with Gasteiger partial charge in [0.2, 0.25) is 0 Å². The smallest absolute Gasteiger partial charge is 0.128 e. The number of nitrogens with one attached hydrogen (secondary N) is 1. The maximum Gasteiger partial charge on any atom is 0.128 e. The molecule has 0 aromatic carbocycles. The minimum atomic E-state index is 0.764. The average Bonchev–Trinajstić information content (AvgIpc) is 3.40. The molecule has 0 spiro atoms. The molecule has 5 heteroatoms. The van der Waals surface area contributed by atoms with Crippen molar-refractivity contribution in [3.63, 3.8) is 0 Å². The lowest BCUT2D eigenvalue weighted by molar-refractivity contribution is 0.679. The van der Waals surface area contributed by atoms with E-state index in [1.54, 1.807) is 0 Å². The van der Waals surface area contributed by atoms with Gasteiger partial charge in [0.15, 0.2) is 0 Å². The van der Waals surface area contributed by atoms with Gasteiger partial charge in [-0.2, -0.15) is 0 Å². The molecule has 4 rings (SSSR count). The van der Waals surface area contributed by atoms with Crippen LogP contribution < -0.4 is 10.2 Å². The molecule has 128 valence electrons. The molecular formula is C19H26N4S. The van der Waals surface area contributed by atoms with Crippen LogP contribution in [0.25, 0.3) is 0 Å². The molecule has 2 aromatic rings. The summed E-state index contributed by atoms with van der Waals surface area (Å²) in [5, 5.41) is 7.07. The molecule has 1 saturated heterocycles. The molecule has 1 N–H and O–H groups in total. The van der Waals surface area contributed by atoms with E-state index in [1.807, 2.05) is 17.5 Å². The van der Waals surface area contributed by atoms with Gasteiger partial charge in [-0.15, -0.1) is 11.3 Å². The summed E-state index contributed by atoms with van der Waals surface area (Å²) >= 11 is 1.82. The third-order valence-corrected chi connectivity index (χ3v) is 5.93. The number of aromatic nitrogens is 2. The largest absolute Gasteiger partial charge is 0.357 e. The molecule has 24 heavy (non-hydrogen) atoms. The average molecular weight is 343 g/mol. The first-order valence-corrected chi connectivity index (χ1v) is 10.1. The van der Waals surface area contributed by atoms with Crippen LogP contribution in [0, 0.1) is 0 Å². The first-order chi connectivity index (χ1) is 11.9. The Morgan fingerprint density at radius 3 is 2.75 bits per heavy atom. The molecule has 0 unspecified atom stereocenters. The molecule has 2 aliphatic rings. The van der Waals surface area contributed by atoms with Gasteiger partial charge < -0.3 is 10.2 Å². The molecule has 3 heterocycles. The molecule has 1 aliphatic carbocycles.